The molecule has 7 heteroatoms. The van der Waals surface area contributed by atoms with E-state index in [9.17, 15) is 18.7 Å². The van der Waals surface area contributed by atoms with E-state index in [1.165, 1.54) is 25.3 Å². The smallest absolute Gasteiger partial charge is 0.380 e. The molecular weight excluding hydrogens is 304 g/mol. The van der Waals surface area contributed by atoms with Crippen molar-refractivity contribution in [3.63, 3.8) is 0 Å². The van der Waals surface area contributed by atoms with E-state index in [-0.39, 0.29) is 17.7 Å². The van der Waals surface area contributed by atoms with Gasteiger partial charge >= 0.3 is 11.9 Å². The fourth-order valence-corrected chi connectivity index (χ4v) is 2.13. The summed E-state index contributed by atoms with van der Waals surface area (Å²) in [6, 6.07) is 5.76. The van der Waals surface area contributed by atoms with Crippen molar-refractivity contribution in [2.75, 3.05) is 6.61 Å². The third-order valence-electron chi connectivity index (χ3n) is 2.93. The van der Waals surface area contributed by atoms with Gasteiger partial charge < -0.3 is 9.84 Å². The molecule has 2 rings (SSSR count). The summed E-state index contributed by atoms with van der Waals surface area (Å²) in [7, 11) is 0. The first kappa shape index (κ1) is 15.6. The molecule has 1 atom stereocenters. The molecule has 0 saturated carbocycles. The minimum atomic E-state index is -4.08. The Balaban J connectivity index is 2.51. The number of rotatable bonds is 4. The van der Waals surface area contributed by atoms with Gasteiger partial charge in [-0.15, -0.1) is 0 Å². The molecule has 2 aromatic rings. The van der Waals surface area contributed by atoms with Gasteiger partial charge in [0.25, 0.3) is 0 Å². The number of hydrogen-bond donors (Lipinski definition) is 1. The highest BCUT2D eigenvalue weighted by Gasteiger charge is 2.49. The van der Waals surface area contributed by atoms with Gasteiger partial charge in [-0.3, -0.25) is 4.98 Å². The molecule has 1 aromatic heterocycles. The summed E-state index contributed by atoms with van der Waals surface area (Å²) < 4.78 is 32.1. The number of nitrogens with zero attached hydrogens (tertiary/aromatic N) is 1. The van der Waals surface area contributed by atoms with Crippen molar-refractivity contribution in [2.24, 2.45) is 0 Å². The first-order valence-electron chi connectivity index (χ1n) is 6.15. The first-order chi connectivity index (χ1) is 9.89. The SMILES string of the molecule is CCOC(=O)C(F)(F)C(O)c1ccc(Cl)c2cccnc12. The maximum absolute atomic E-state index is 13.9. The van der Waals surface area contributed by atoms with Gasteiger partial charge in [-0.2, -0.15) is 8.78 Å². The van der Waals surface area contributed by atoms with Crippen LogP contribution in [0, 0.1) is 0 Å². The number of ether oxygens (including phenoxy) is 1. The van der Waals surface area contributed by atoms with Crippen LogP contribution in [0.4, 0.5) is 8.78 Å². The molecule has 0 fully saturated rings. The zero-order valence-corrected chi connectivity index (χ0v) is 11.8. The summed E-state index contributed by atoms with van der Waals surface area (Å²) >= 11 is 5.96. The number of aliphatic hydroxyl groups excluding tert-OH is 1. The summed E-state index contributed by atoms with van der Waals surface area (Å²) in [5, 5.41) is 10.6. The molecule has 1 aromatic carbocycles. The highest BCUT2D eigenvalue weighted by atomic mass is 35.5. The van der Waals surface area contributed by atoms with Crippen LogP contribution in [-0.4, -0.2) is 28.6 Å². The number of aliphatic hydroxyl groups is 1. The predicted octanol–water partition coefficient (Wildman–Crippen LogP) is 3.12. The van der Waals surface area contributed by atoms with Crippen LogP contribution in [0.5, 0.6) is 0 Å². The summed E-state index contributed by atoms with van der Waals surface area (Å²) in [4.78, 5) is 15.3. The van der Waals surface area contributed by atoms with Gasteiger partial charge in [0, 0.05) is 22.2 Å². The molecule has 0 aliphatic carbocycles. The Morgan fingerprint density at radius 2 is 2.19 bits per heavy atom. The molecule has 1 N–H and O–H groups in total. The molecule has 1 heterocycles. The fraction of sp³-hybridized carbons (Fsp3) is 0.286. The van der Waals surface area contributed by atoms with Crippen molar-refractivity contribution in [2.45, 2.75) is 19.0 Å². The lowest BCUT2D eigenvalue weighted by Gasteiger charge is -2.21. The zero-order chi connectivity index (χ0) is 15.6. The number of carbonyl (C=O) groups excluding carboxylic acids is 1. The van der Waals surface area contributed by atoms with Crippen LogP contribution in [0.2, 0.25) is 5.02 Å². The number of halogens is 3. The standard InChI is InChI=1S/C14H12ClF2NO3/c1-2-21-13(20)14(16,17)12(19)9-5-6-10(15)8-4-3-7-18-11(8)9/h3-7,12,19H,2H2,1H3. The van der Waals surface area contributed by atoms with E-state index in [1.54, 1.807) is 12.1 Å². The maximum atomic E-state index is 13.9. The van der Waals surface area contributed by atoms with Crippen molar-refractivity contribution in [3.05, 3.63) is 41.0 Å². The number of benzene rings is 1. The second kappa shape index (κ2) is 5.91. The topological polar surface area (TPSA) is 59.4 Å². The third kappa shape index (κ3) is 2.82. The van der Waals surface area contributed by atoms with Gasteiger partial charge in [0.2, 0.25) is 0 Å². The van der Waals surface area contributed by atoms with Gasteiger partial charge in [0.15, 0.2) is 6.10 Å². The third-order valence-corrected chi connectivity index (χ3v) is 3.26. The van der Waals surface area contributed by atoms with Gasteiger partial charge in [-0.1, -0.05) is 17.7 Å². The monoisotopic (exact) mass is 315 g/mol. The van der Waals surface area contributed by atoms with Crippen LogP contribution in [0.25, 0.3) is 10.9 Å². The van der Waals surface area contributed by atoms with Gasteiger partial charge in [-0.25, -0.2) is 4.79 Å². The Hall–Kier alpha value is -1.79. The maximum Gasteiger partial charge on any atom is 0.380 e. The lowest BCUT2D eigenvalue weighted by molar-refractivity contribution is -0.189. The number of alkyl halides is 2. The van der Waals surface area contributed by atoms with Crippen LogP contribution >= 0.6 is 11.6 Å². The van der Waals surface area contributed by atoms with Crippen LogP contribution in [0.3, 0.4) is 0 Å². The summed E-state index contributed by atoms with van der Waals surface area (Å²) in [6.07, 6.45) is -0.983. The van der Waals surface area contributed by atoms with E-state index in [0.717, 1.165) is 0 Å². The molecular formula is C14H12ClF2NO3. The Labute approximate surface area is 124 Å². The van der Waals surface area contributed by atoms with Crippen LogP contribution < -0.4 is 0 Å². The molecule has 0 saturated heterocycles. The van der Waals surface area contributed by atoms with E-state index in [1.807, 2.05) is 0 Å². The number of hydrogen-bond acceptors (Lipinski definition) is 4. The number of pyridine rings is 1. The van der Waals surface area contributed by atoms with Crippen molar-refractivity contribution in [1.82, 2.24) is 4.98 Å². The normalized spacial score (nSPS) is 13.2. The molecule has 0 spiro atoms. The van der Waals surface area contributed by atoms with Crippen molar-refractivity contribution < 1.29 is 23.4 Å². The molecule has 21 heavy (non-hydrogen) atoms. The highest BCUT2D eigenvalue weighted by molar-refractivity contribution is 6.35. The quantitative estimate of drug-likeness (QED) is 0.881. The summed E-state index contributed by atoms with van der Waals surface area (Å²) in [6.45, 7) is 1.19. The van der Waals surface area contributed by atoms with Crippen molar-refractivity contribution >= 4 is 28.5 Å². The van der Waals surface area contributed by atoms with E-state index < -0.39 is 18.0 Å². The summed E-state index contributed by atoms with van der Waals surface area (Å²) in [5.74, 6) is -5.86. The number of fused-ring (bicyclic) bond motifs is 1. The molecule has 0 aliphatic heterocycles. The number of carbonyl (C=O) groups is 1. The van der Waals surface area contributed by atoms with Crippen LogP contribution in [-0.2, 0) is 9.53 Å². The van der Waals surface area contributed by atoms with Crippen LogP contribution in [0.1, 0.15) is 18.6 Å². The van der Waals surface area contributed by atoms with Gasteiger partial charge in [0.05, 0.1) is 12.1 Å². The number of aromatic nitrogens is 1. The summed E-state index contributed by atoms with van der Waals surface area (Å²) in [5.41, 5.74) is -0.0745. The second-order valence-electron chi connectivity index (χ2n) is 4.28. The van der Waals surface area contributed by atoms with E-state index in [2.05, 4.69) is 9.72 Å². The predicted molar refractivity (Wildman–Crippen MR) is 73.3 cm³/mol. The highest BCUT2D eigenvalue weighted by Crippen LogP contribution is 2.37. The van der Waals surface area contributed by atoms with Crippen LogP contribution in [0.15, 0.2) is 30.5 Å². The van der Waals surface area contributed by atoms with Gasteiger partial charge in [-0.05, 0) is 25.1 Å². The minimum Gasteiger partial charge on any atom is -0.461 e. The lowest BCUT2D eigenvalue weighted by atomic mass is 10.00. The first-order valence-corrected chi connectivity index (χ1v) is 6.53. The van der Waals surface area contributed by atoms with E-state index in [4.69, 9.17) is 11.6 Å². The molecule has 0 amide bonds. The largest absolute Gasteiger partial charge is 0.461 e. The minimum absolute atomic E-state index is 0.112. The zero-order valence-electron chi connectivity index (χ0n) is 11.0. The Bertz CT molecular complexity index is 678. The molecule has 0 aliphatic rings. The molecule has 112 valence electrons. The van der Waals surface area contributed by atoms with Crippen molar-refractivity contribution in [3.8, 4) is 0 Å². The second-order valence-corrected chi connectivity index (χ2v) is 4.69. The average molecular weight is 316 g/mol. The molecule has 1 unspecified atom stereocenters. The Morgan fingerprint density at radius 1 is 1.48 bits per heavy atom. The van der Waals surface area contributed by atoms with E-state index in [0.29, 0.717) is 10.4 Å². The Morgan fingerprint density at radius 3 is 2.86 bits per heavy atom. The lowest BCUT2D eigenvalue weighted by Crippen LogP contribution is -2.37. The molecule has 0 radical (unpaired) electrons. The van der Waals surface area contributed by atoms with E-state index >= 15 is 0 Å². The number of esters is 1. The molecule has 0 bridgehead atoms. The fourth-order valence-electron chi connectivity index (χ4n) is 1.91. The average Bonchev–Trinajstić information content (AvgIpc) is 2.47. The van der Waals surface area contributed by atoms with Crippen molar-refractivity contribution in [1.29, 1.82) is 0 Å². The van der Waals surface area contributed by atoms with Gasteiger partial charge in [0.1, 0.15) is 0 Å². The Kier molecular flexibility index (Phi) is 4.39. The molecule has 4 nitrogen and oxygen atoms in total.